The highest BCUT2D eigenvalue weighted by atomic mass is 16.6. The van der Waals surface area contributed by atoms with Crippen molar-refractivity contribution in [2.45, 2.75) is 65.3 Å². The number of hydrogen-bond acceptors (Lipinski definition) is 5. The van der Waals surface area contributed by atoms with Gasteiger partial charge in [-0.1, -0.05) is 25.1 Å². The molecular weight excluding hydrogens is 370 g/mol. The molecular formula is C22H35N3O4. The number of methoxy groups -OCH3 is 1. The Hall–Kier alpha value is -2.28. The number of para-hydroxylation sites is 1. The number of rotatable bonds is 6. The highest BCUT2D eigenvalue weighted by Gasteiger charge is 2.32. The van der Waals surface area contributed by atoms with Gasteiger partial charge < -0.3 is 25.0 Å². The molecule has 0 spiro atoms. The fourth-order valence-corrected chi connectivity index (χ4v) is 3.47. The summed E-state index contributed by atoms with van der Waals surface area (Å²) >= 11 is 0. The maximum Gasteiger partial charge on any atom is 0.410 e. The molecule has 1 heterocycles. The second-order valence-electron chi connectivity index (χ2n) is 8.72. The molecule has 1 aromatic carbocycles. The van der Waals surface area contributed by atoms with E-state index >= 15 is 0 Å². The maximum absolute atomic E-state index is 12.5. The number of benzene rings is 1. The van der Waals surface area contributed by atoms with Crippen LogP contribution in [0.2, 0.25) is 0 Å². The summed E-state index contributed by atoms with van der Waals surface area (Å²) in [4.78, 5) is 26.6. The van der Waals surface area contributed by atoms with Gasteiger partial charge in [0.25, 0.3) is 0 Å². The number of carbonyl (C=O) groups is 2. The Balaban J connectivity index is 1.82. The van der Waals surface area contributed by atoms with Gasteiger partial charge in [-0.05, 0) is 46.1 Å². The largest absolute Gasteiger partial charge is 0.496 e. The van der Waals surface area contributed by atoms with Gasteiger partial charge in [0.1, 0.15) is 11.4 Å². The average molecular weight is 406 g/mol. The predicted octanol–water partition coefficient (Wildman–Crippen LogP) is 2.94. The van der Waals surface area contributed by atoms with E-state index in [9.17, 15) is 9.59 Å². The van der Waals surface area contributed by atoms with Crippen molar-refractivity contribution < 1.29 is 19.1 Å². The number of amides is 2. The lowest BCUT2D eigenvalue weighted by Gasteiger charge is -2.38. The van der Waals surface area contributed by atoms with Crippen LogP contribution in [0.25, 0.3) is 0 Å². The first kappa shape index (κ1) is 23.0. The first-order chi connectivity index (χ1) is 13.6. The summed E-state index contributed by atoms with van der Waals surface area (Å²) in [7, 11) is 1.62. The molecule has 1 aliphatic rings. The molecule has 7 heteroatoms. The molecule has 29 heavy (non-hydrogen) atoms. The Morgan fingerprint density at radius 1 is 1.28 bits per heavy atom. The molecule has 162 valence electrons. The van der Waals surface area contributed by atoms with Crippen LogP contribution >= 0.6 is 0 Å². The topological polar surface area (TPSA) is 79.9 Å². The summed E-state index contributed by atoms with van der Waals surface area (Å²) in [5.74, 6) is 0.926. The normalized spacial score (nSPS) is 20.7. The third-order valence-electron chi connectivity index (χ3n) is 5.06. The van der Waals surface area contributed by atoms with Gasteiger partial charge >= 0.3 is 6.09 Å². The van der Waals surface area contributed by atoms with Crippen LogP contribution in [0, 0.1) is 5.92 Å². The number of piperidine rings is 1. The van der Waals surface area contributed by atoms with Gasteiger partial charge in [-0.25, -0.2) is 4.79 Å². The molecule has 0 aromatic heterocycles. The van der Waals surface area contributed by atoms with E-state index in [1.165, 1.54) is 0 Å². The lowest BCUT2D eigenvalue weighted by atomic mass is 9.93. The van der Waals surface area contributed by atoms with E-state index in [-0.39, 0.29) is 30.0 Å². The van der Waals surface area contributed by atoms with Crippen molar-refractivity contribution in [3.05, 3.63) is 29.8 Å². The van der Waals surface area contributed by atoms with Crippen LogP contribution in [-0.4, -0.2) is 54.8 Å². The van der Waals surface area contributed by atoms with E-state index in [1.807, 2.05) is 52.0 Å². The zero-order valence-electron chi connectivity index (χ0n) is 18.5. The fraction of sp³-hybridized carbons (Fsp3) is 0.636. The van der Waals surface area contributed by atoms with Gasteiger partial charge in [-0.3, -0.25) is 4.79 Å². The lowest BCUT2D eigenvalue weighted by molar-refractivity contribution is -0.123. The Morgan fingerprint density at radius 2 is 1.97 bits per heavy atom. The van der Waals surface area contributed by atoms with Crippen molar-refractivity contribution in [1.29, 1.82) is 0 Å². The lowest BCUT2D eigenvalue weighted by Crippen LogP contribution is -2.55. The zero-order valence-corrected chi connectivity index (χ0v) is 18.5. The fourth-order valence-electron chi connectivity index (χ4n) is 3.47. The van der Waals surface area contributed by atoms with Gasteiger partial charge in [0, 0.05) is 31.2 Å². The average Bonchev–Trinajstić information content (AvgIpc) is 2.66. The third-order valence-corrected chi connectivity index (χ3v) is 5.06. The van der Waals surface area contributed by atoms with Crippen LogP contribution in [-0.2, 0) is 16.1 Å². The Bertz CT molecular complexity index is 702. The number of carbonyl (C=O) groups excluding carboxylic acids is 2. The Labute approximate surface area is 174 Å². The van der Waals surface area contributed by atoms with Crippen molar-refractivity contribution in [3.63, 3.8) is 0 Å². The van der Waals surface area contributed by atoms with Crippen LogP contribution in [0.3, 0.4) is 0 Å². The zero-order chi connectivity index (χ0) is 21.6. The Kier molecular flexibility index (Phi) is 7.90. The molecule has 0 radical (unpaired) electrons. The molecule has 2 N–H and O–H groups in total. The van der Waals surface area contributed by atoms with Crippen LogP contribution < -0.4 is 15.4 Å². The molecule has 0 bridgehead atoms. The van der Waals surface area contributed by atoms with Gasteiger partial charge in [0.05, 0.1) is 13.2 Å². The summed E-state index contributed by atoms with van der Waals surface area (Å²) < 4.78 is 10.8. The van der Waals surface area contributed by atoms with E-state index in [4.69, 9.17) is 9.47 Å². The van der Waals surface area contributed by atoms with Crippen molar-refractivity contribution >= 4 is 12.0 Å². The van der Waals surface area contributed by atoms with Crippen molar-refractivity contribution in [2.75, 3.05) is 20.2 Å². The predicted molar refractivity (Wildman–Crippen MR) is 113 cm³/mol. The minimum atomic E-state index is -0.497. The second kappa shape index (κ2) is 9.96. The van der Waals surface area contributed by atoms with Gasteiger partial charge in [-0.2, -0.15) is 0 Å². The van der Waals surface area contributed by atoms with E-state index in [2.05, 4.69) is 17.6 Å². The maximum atomic E-state index is 12.5. The molecule has 0 aliphatic carbocycles. The highest BCUT2D eigenvalue weighted by Crippen LogP contribution is 2.20. The molecule has 1 fully saturated rings. The first-order valence-corrected chi connectivity index (χ1v) is 10.2. The van der Waals surface area contributed by atoms with Crippen molar-refractivity contribution in [3.8, 4) is 5.75 Å². The Morgan fingerprint density at radius 3 is 2.59 bits per heavy atom. The standard InChI is InChI=1S/C22H35N3O4/c1-15-14-25(21(27)29-22(3,4)5)12-11-18(15)24-16(2)20(26)23-13-17-9-7-8-10-19(17)28-6/h7-10,15-16,18,24H,11-14H2,1-6H3,(H,23,26)/t15-,16-,18+/m0/s1. The molecule has 1 aromatic rings. The molecule has 0 unspecified atom stereocenters. The number of nitrogens with one attached hydrogen (secondary N) is 2. The molecule has 1 saturated heterocycles. The molecule has 7 nitrogen and oxygen atoms in total. The highest BCUT2D eigenvalue weighted by molar-refractivity contribution is 5.81. The molecule has 0 saturated carbocycles. The molecule has 2 amide bonds. The van der Waals surface area contributed by atoms with Crippen molar-refractivity contribution in [2.24, 2.45) is 5.92 Å². The number of ether oxygens (including phenoxy) is 2. The summed E-state index contributed by atoms with van der Waals surface area (Å²) in [5, 5.41) is 6.38. The van der Waals surface area contributed by atoms with Gasteiger partial charge in [-0.15, -0.1) is 0 Å². The second-order valence-corrected chi connectivity index (χ2v) is 8.72. The molecule has 2 rings (SSSR count). The van der Waals surface area contributed by atoms with E-state index < -0.39 is 5.60 Å². The van der Waals surface area contributed by atoms with Crippen LogP contribution in [0.5, 0.6) is 5.75 Å². The van der Waals surface area contributed by atoms with Crippen molar-refractivity contribution in [1.82, 2.24) is 15.5 Å². The quantitative estimate of drug-likeness (QED) is 0.761. The summed E-state index contributed by atoms with van der Waals surface area (Å²) in [6.45, 7) is 11.2. The third kappa shape index (κ3) is 6.92. The van der Waals surface area contributed by atoms with Crippen LogP contribution in [0.1, 0.15) is 46.6 Å². The summed E-state index contributed by atoms with van der Waals surface area (Å²) in [5.41, 5.74) is 0.443. The molecule has 1 aliphatic heterocycles. The minimum absolute atomic E-state index is 0.0577. The minimum Gasteiger partial charge on any atom is -0.496 e. The molecule has 3 atom stereocenters. The first-order valence-electron chi connectivity index (χ1n) is 10.2. The number of nitrogens with zero attached hydrogens (tertiary/aromatic N) is 1. The van der Waals surface area contributed by atoms with E-state index in [0.717, 1.165) is 17.7 Å². The van der Waals surface area contributed by atoms with E-state index in [0.29, 0.717) is 19.6 Å². The smallest absolute Gasteiger partial charge is 0.410 e. The SMILES string of the molecule is COc1ccccc1CNC(=O)[C@H](C)N[C@@H]1CCN(C(=O)OC(C)(C)C)C[C@@H]1C. The van der Waals surface area contributed by atoms with Gasteiger partial charge in [0.15, 0.2) is 0 Å². The number of hydrogen-bond donors (Lipinski definition) is 2. The summed E-state index contributed by atoms with van der Waals surface area (Å²) in [6, 6.07) is 7.48. The van der Waals surface area contributed by atoms with Crippen LogP contribution in [0.4, 0.5) is 4.79 Å². The summed E-state index contributed by atoms with van der Waals surface area (Å²) in [6.07, 6.45) is 0.510. The number of likely N-dealkylation sites (tertiary alicyclic amines) is 1. The van der Waals surface area contributed by atoms with Gasteiger partial charge in [0.2, 0.25) is 5.91 Å². The monoisotopic (exact) mass is 405 g/mol. The van der Waals surface area contributed by atoms with E-state index in [1.54, 1.807) is 12.0 Å². The van der Waals surface area contributed by atoms with Crippen LogP contribution in [0.15, 0.2) is 24.3 Å².